The molecular weight excluding hydrogens is 369 g/mol. The van der Waals surface area contributed by atoms with Crippen molar-refractivity contribution in [2.75, 3.05) is 13.1 Å². The first-order chi connectivity index (χ1) is 14.0. The Morgan fingerprint density at radius 2 is 2.03 bits per heavy atom. The second-order valence-electron chi connectivity index (χ2n) is 9.29. The monoisotopic (exact) mass is 395 g/mol. The molecule has 3 heterocycles. The van der Waals surface area contributed by atoms with Gasteiger partial charge in [0.05, 0.1) is 23.4 Å². The summed E-state index contributed by atoms with van der Waals surface area (Å²) in [5.41, 5.74) is 0.545. The van der Waals surface area contributed by atoms with Crippen LogP contribution in [0.4, 0.5) is 4.39 Å². The quantitative estimate of drug-likeness (QED) is 0.785. The first-order valence-electron chi connectivity index (χ1n) is 10.6. The fourth-order valence-corrected chi connectivity index (χ4v) is 5.80. The van der Waals surface area contributed by atoms with E-state index in [0.717, 1.165) is 63.2 Å². The minimum Gasteiger partial charge on any atom is -0.339 e. The van der Waals surface area contributed by atoms with Gasteiger partial charge in [0.2, 0.25) is 5.89 Å². The van der Waals surface area contributed by atoms with Crippen LogP contribution in [0.15, 0.2) is 22.9 Å². The topological polar surface area (TPSA) is 78.8 Å². The fraction of sp³-hybridized carbons (Fsp3) is 0.636. The third-order valence-corrected chi connectivity index (χ3v) is 7.48. The Hall–Kier alpha value is -2.33. The van der Waals surface area contributed by atoms with Gasteiger partial charge in [0.25, 0.3) is 0 Å². The number of aromatic nitrogens is 3. The molecule has 152 valence electrons. The number of pyridine rings is 1. The van der Waals surface area contributed by atoms with E-state index >= 15 is 0 Å². The highest BCUT2D eigenvalue weighted by Crippen LogP contribution is 2.56. The largest absolute Gasteiger partial charge is 0.339 e. The van der Waals surface area contributed by atoms with Crippen LogP contribution >= 0.6 is 0 Å². The second-order valence-corrected chi connectivity index (χ2v) is 9.29. The Kier molecular flexibility index (Phi) is 4.43. The van der Waals surface area contributed by atoms with Crippen LogP contribution in [0.25, 0.3) is 0 Å². The molecule has 2 aliphatic carbocycles. The van der Waals surface area contributed by atoms with E-state index in [1.54, 1.807) is 6.07 Å². The van der Waals surface area contributed by atoms with E-state index in [1.165, 1.54) is 18.7 Å². The van der Waals surface area contributed by atoms with Crippen LogP contribution in [0.1, 0.15) is 68.3 Å². The predicted molar refractivity (Wildman–Crippen MR) is 103 cm³/mol. The minimum atomic E-state index is -0.570. The number of hydrogen-bond donors (Lipinski definition) is 0. The molecule has 0 amide bonds. The normalized spacial score (nSPS) is 34.8. The van der Waals surface area contributed by atoms with Gasteiger partial charge in [0, 0.05) is 18.5 Å². The Morgan fingerprint density at radius 1 is 1.24 bits per heavy atom. The van der Waals surface area contributed by atoms with Crippen LogP contribution in [0.2, 0.25) is 0 Å². The number of nitriles is 1. The van der Waals surface area contributed by atoms with E-state index in [1.807, 2.05) is 6.92 Å². The van der Waals surface area contributed by atoms with E-state index in [0.29, 0.717) is 23.2 Å². The molecule has 1 aliphatic heterocycles. The first kappa shape index (κ1) is 18.7. The Balaban J connectivity index is 1.19. The molecule has 0 bridgehead atoms. The second kappa shape index (κ2) is 6.88. The molecule has 1 spiro atoms. The molecule has 0 N–H and O–H groups in total. The fourth-order valence-electron chi connectivity index (χ4n) is 5.80. The molecule has 0 atom stereocenters. The van der Waals surface area contributed by atoms with Crippen molar-refractivity contribution in [2.24, 2.45) is 5.41 Å². The number of aryl methyl sites for hydroxylation is 1. The van der Waals surface area contributed by atoms with Gasteiger partial charge in [-0.15, -0.1) is 0 Å². The summed E-state index contributed by atoms with van der Waals surface area (Å²) >= 11 is 0. The van der Waals surface area contributed by atoms with E-state index < -0.39 is 5.41 Å². The summed E-state index contributed by atoms with van der Waals surface area (Å²) < 4.78 is 18.6. The lowest BCUT2D eigenvalue weighted by atomic mass is 9.61. The molecule has 0 unspecified atom stereocenters. The van der Waals surface area contributed by atoms with Gasteiger partial charge in [-0.25, -0.2) is 4.39 Å². The van der Waals surface area contributed by atoms with Crippen molar-refractivity contribution < 1.29 is 8.91 Å². The lowest BCUT2D eigenvalue weighted by Gasteiger charge is -2.45. The Morgan fingerprint density at radius 3 is 2.66 bits per heavy atom. The van der Waals surface area contributed by atoms with Crippen LogP contribution in [-0.2, 0) is 5.41 Å². The zero-order chi connectivity index (χ0) is 20.1. The Labute approximate surface area is 170 Å². The highest BCUT2D eigenvalue weighted by atomic mass is 19.1. The van der Waals surface area contributed by atoms with Crippen molar-refractivity contribution in [2.45, 2.75) is 69.2 Å². The molecular formula is C22H26FN5O. The predicted octanol–water partition coefficient (Wildman–Crippen LogP) is 3.89. The zero-order valence-corrected chi connectivity index (χ0v) is 16.8. The van der Waals surface area contributed by atoms with E-state index in [2.05, 4.69) is 26.1 Å². The van der Waals surface area contributed by atoms with Crippen LogP contribution in [0.3, 0.4) is 0 Å². The molecule has 7 heteroatoms. The number of hydrogen-bond acceptors (Lipinski definition) is 6. The van der Waals surface area contributed by atoms with Crippen molar-refractivity contribution in [3.63, 3.8) is 0 Å². The molecule has 6 nitrogen and oxygen atoms in total. The summed E-state index contributed by atoms with van der Waals surface area (Å²) in [4.78, 5) is 11.3. The van der Waals surface area contributed by atoms with Gasteiger partial charge in [-0.05, 0) is 76.0 Å². The maximum absolute atomic E-state index is 13.2. The molecule has 2 saturated carbocycles. The SMILES string of the molecule is Cc1noc(C2CC3(CCN(C4CCC(C#N)(c5ccc(F)cn5)CC4)C3)C2)n1. The third kappa shape index (κ3) is 3.24. The minimum absolute atomic E-state index is 0.354. The average molecular weight is 395 g/mol. The molecule has 2 aromatic heterocycles. The molecule has 29 heavy (non-hydrogen) atoms. The van der Waals surface area contributed by atoms with Crippen molar-refractivity contribution >= 4 is 0 Å². The lowest BCUT2D eigenvalue weighted by molar-refractivity contribution is 0.0722. The summed E-state index contributed by atoms with van der Waals surface area (Å²) in [6, 6.07) is 6.12. The third-order valence-electron chi connectivity index (χ3n) is 7.48. The van der Waals surface area contributed by atoms with Crippen LogP contribution < -0.4 is 0 Å². The van der Waals surface area contributed by atoms with Gasteiger partial charge in [-0.2, -0.15) is 10.2 Å². The molecule has 3 fully saturated rings. The molecule has 5 rings (SSSR count). The van der Waals surface area contributed by atoms with Crippen molar-refractivity contribution in [1.82, 2.24) is 20.0 Å². The van der Waals surface area contributed by atoms with Gasteiger partial charge in [-0.1, -0.05) is 5.16 Å². The number of likely N-dealkylation sites (tertiary alicyclic amines) is 1. The standard InChI is InChI=1S/C22H26FN5O/c1-15-26-20(29-27-15)16-10-21(11-16)8-9-28(14-21)18-4-6-22(13-24,7-5-18)19-3-2-17(23)12-25-19/h2-3,12,16,18H,4-11,14H2,1H3. The van der Waals surface area contributed by atoms with Crippen LogP contribution in [0.5, 0.6) is 0 Å². The molecule has 0 aromatic carbocycles. The molecule has 2 aromatic rings. The molecule has 1 saturated heterocycles. The van der Waals surface area contributed by atoms with E-state index in [4.69, 9.17) is 4.52 Å². The highest BCUT2D eigenvalue weighted by Gasteiger charge is 2.52. The summed E-state index contributed by atoms with van der Waals surface area (Å²) in [6.07, 6.45) is 8.31. The summed E-state index contributed by atoms with van der Waals surface area (Å²) in [5, 5.41) is 13.8. The van der Waals surface area contributed by atoms with E-state index in [-0.39, 0.29) is 5.82 Å². The van der Waals surface area contributed by atoms with E-state index in [9.17, 15) is 9.65 Å². The average Bonchev–Trinajstić information content (AvgIpc) is 3.34. The summed E-state index contributed by atoms with van der Waals surface area (Å²) in [5.74, 6) is 1.58. The maximum Gasteiger partial charge on any atom is 0.229 e. The van der Waals surface area contributed by atoms with Crippen molar-refractivity contribution in [3.8, 4) is 6.07 Å². The van der Waals surface area contributed by atoms with Gasteiger partial charge in [0.15, 0.2) is 5.82 Å². The highest BCUT2D eigenvalue weighted by molar-refractivity contribution is 5.27. The maximum atomic E-state index is 13.2. The number of rotatable bonds is 3. The van der Waals surface area contributed by atoms with Crippen molar-refractivity contribution in [1.29, 1.82) is 5.26 Å². The summed E-state index contributed by atoms with van der Waals surface area (Å²) in [6.45, 7) is 4.13. The first-order valence-corrected chi connectivity index (χ1v) is 10.6. The number of nitrogens with zero attached hydrogens (tertiary/aromatic N) is 5. The Bertz CT molecular complexity index is 919. The van der Waals surface area contributed by atoms with Crippen LogP contribution in [0, 0.1) is 29.5 Å². The molecule has 0 radical (unpaired) electrons. The zero-order valence-electron chi connectivity index (χ0n) is 16.8. The van der Waals surface area contributed by atoms with Gasteiger partial charge < -0.3 is 4.52 Å². The lowest BCUT2D eigenvalue weighted by Crippen LogP contribution is -2.44. The number of halogens is 1. The van der Waals surface area contributed by atoms with Crippen molar-refractivity contribution in [3.05, 3.63) is 41.6 Å². The summed E-state index contributed by atoms with van der Waals surface area (Å²) in [7, 11) is 0. The van der Waals surface area contributed by atoms with Crippen LogP contribution in [-0.4, -0.2) is 39.2 Å². The van der Waals surface area contributed by atoms with Gasteiger partial charge in [-0.3, -0.25) is 9.88 Å². The molecule has 3 aliphatic rings. The smallest absolute Gasteiger partial charge is 0.229 e. The van der Waals surface area contributed by atoms with Gasteiger partial charge >= 0.3 is 0 Å². The van der Waals surface area contributed by atoms with Gasteiger partial charge in [0.1, 0.15) is 5.82 Å².